The lowest BCUT2D eigenvalue weighted by Gasteiger charge is -2.18. The first-order valence-electron chi connectivity index (χ1n) is 12.6. The van der Waals surface area contributed by atoms with E-state index in [1.807, 2.05) is 18.2 Å². The fourth-order valence-corrected chi connectivity index (χ4v) is 5.93. The normalized spacial score (nSPS) is 19.2. The molecule has 1 aromatic heterocycles. The average molecular weight is 471 g/mol. The van der Waals surface area contributed by atoms with Crippen molar-refractivity contribution >= 4 is 23.1 Å². The van der Waals surface area contributed by atoms with E-state index in [0.29, 0.717) is 23.0 Å². The van der Waals surface area contributed by atoms with Crippen molar-refractivity contribution in [3.63, 3.8) is 0 Å². The molecule has 1 fully saturated rings. The highest BCUT2D eigenvalue weighted by molar-refractivity contribution is 7.13. The Morgan fingerprint density at radius 2 is 1.82 bits per heavy atom. The molecule has 0 bridgehead atoms. The van der Waals surface area contributed by atoms with Gasteiger partial charge in [-0.25, -0.2) is 4.79 Å². The molecule has 1 saturated carbocycles. The van der Waals surface area contributed by atoms with Crippen LogP contribution in [0.3, 0.4) is 0 Å². The molecule has 0 amide bonds. The van der Waals surface area contributed by atoms with Crippen molar-refractivity contribution in [1.29, 1.82) is 0 Å². The van der Waals surface area contributed by atoms with Crippen LogP contribution in [0.1, 0.15) is 103 Å². The van der Waals surface area contributed by atoms with Crippen LogP contribution in [0.15, 0.2) is 36.4 Å². The number of hydrogen-bond donors (Lipinski definition) is 2. The lowest BCUT2D eigenvalue weighted by atomic mass is 9.86. The van der Waals surface area contributed by atoms with Crippen LogP contribution in [0.5, 0.6) is 0 Å². The Labute approximate surface area is 202 Å². The van der Waals surface area contributed by atoms with Crippen LogP contribution >= 0.6 is 11.3 Å². The number of aliphatic hydroxyl groups excluding tert-OH is 1. The van der Waals surface area contributed by atoms with Gasteiger partial charge >= 0.3 is 5.97 Å². The molecule has 33 heavy (non-hydrogen) atoms. The summed E-state index contributed by atoms with van der Waals surface area (Å²) in [6.07, 6.45) is 11.5. The first-order valence-corrected chi connectivity index (χ1v) is 13.4. The first kappa shape index (κ1) is 25.6. The number of thiophene rings is 1. The molecule has 3 atom stereocenters. The van der Waals surface area contributed by atoms with Gasteiger partial charge in [0.1, 0.15) is 10.7 Å². The number of aromatic carboxylic acids is 1. The minimum absolute atomic E-state index is 0.145. The van der Waals surface area contributed by atoms with Crippen molar-refractivity contribution in [2.24, 2.45) is 11.8 Å². The number of aryl methyl sites for hydroxylation is 2. The van der Waals surface area contributed by atoms with Gasteiger partial charge in [-0.1, -0.05) is 56.9 Å². The summed E-state index contributed by atoms with van der Waals surface area (Å²) in [4.78, 5) is 25.1. The summed E-state index contributed by atoms with van der Waals surface area (Å²) in [7, 11) is 0. The third-order valence-corrected chi connectivity index (χ3v) is 8.19. The molecule has 1 aliphatic rings. The van der Waals surface area contributed by atoms with Gasteiger partial charge in [-0.05, 0) is 74.1 Å². The number of carboxylic acids is 1. The monoisotopic (exact) mass is 470 g/mol. The van der Waals surface area contributed by atoms with E-state index in [9.17, 15) is 14.7 Å². The van der Waals surface area contributed by atoms with Crippen molar-refractivity contribution in [3.8, 4) is 0 Å². The Morgan fingerprint density at radius 1 is 1.03 bits per heavy atom. The van der Waals surface area contributed by atoms with E-state index in [0.717, 1.165) is 61.8 Å². The highest BCUT2D eigenvalue weighted by atomic mass is 32.1. The molecule has 3 rings (SSSR count). The van der Waals surface area contributed by atoms with Gasteiger partial charge in [0.05, 0.1) is 6.10 Å². The van der Waals surface area contributed by atoms with E-state index in [-0.39, 0.29) is 12.0 Å². The fourth-order valence-electron chi connectivity index (χ4n) is 5.04. The van der Waals surface area contributed by atoms with Gasteiger partial charge in [0.25, 0.3) is 0 Å². The summed E-state index contributed by atoms with van der Waals surface area (Å²) in [6, 6.07) is 11.9. The van der Waals surface area contributed by atoms with Gasteiger partial charge in [0.2, 0.25) is 0 Å². The molecular formula is C28H38O4S. The summed E-state index contributed by atoms with van der Waals surface area (Å²) in [6.45, 7) is 2.19. The zero-order valence-electron chi connectivity index (χ0n) is 19.8. The number of carbonyl (C=O) groups excluding carboxylic acids is 1. The van der Waals surface area contributed by atoms with Crippen LogP contribution in [0.25, 0.3) is 0 Å². The summed E-state index contributed by atoms with van der Waals surface area (Å²) in [5.41, 5.74) is 2.22. The Hall–Kier alpha value is -1.98. The highest BCUT2D eigenvalue weighted by Gasteiger charge is 2.33. The van der Waals surface area contributed by atoms with Gasteiger partial charge in [0.15, 0.2) is 0 Å². The number of hydrogen-bond acceptors (Lipinski definition) is 4. The molecule has 180 valence electrons. The zero-order valence-corrected chi connectivity index (χ0v) is 20.6. The van der Waals surface area contributed by atoms with Crippen molar-refractivity contribution in [1.82, 2.24) is 0 Å². The summed E-state index contributed by atoms with van der Waals surface area (Å²) in [5.74, 6) is 0.137. The molecular weight excluding hydrogens is 432 g/mol. The number of benzene rings is 1. The Bertz CT molecular complexity index is 886. The SMILES string of the molecule is CCCCCCC(O)c1ccc(CCC2C(=O)CC[C@@H]2CCCc2ccc(C(=O)O)s2)cc1. The van der Waals surface area contributed by atoms with Crippen molar-refractivity contribution in [3.05, 3.63) is 57.3 Å². The second kappa shape index (κ2) is 13.0. The zero-order chi connectivity index (χ0) is 23.6. The fraction of sp³-hybridized carbons (Fsp3) is 0.571. The van der Waals surface area contributed by atoms with Crippen molar-refractivity contribution in [2.45, 2.75) is 90.1 Å². The van der Waals surface area contributed by atoms with E-state index in [2.05, 4.69) is 19.1 Å². The average Bonchev–Trinajstić information content (AvgIpc) is 3.42. The molecule has 2 unspecified atom stereocenters. The van der Waals surface area contributed by atoms with E-state index < -0.39 is 5.97 Å². The quantitative estimate of drug-likeness (QED) is 0.291. The number of rotatable bonds is 14. The molecule has 1 aliphatic carbocycles. The standard InChI is InChI=1S/C28H38O4S/c1-2-3-4-5-9-25(29)22-13-10-20(11-14-22)12-17-24-21(15-18-26(24)30)7-6-8-23-16-19-27(33-23)28(31)32/h10-11,13-14,16,19,21,24-25,29H,2-9,12,15,17-18H2,1H3,(H,31,32)/t21-,24?,25?/m0/s1. The highest BCUT2D eigenvalue weighted by Crippen LogP contribution is 2.36. The summed E-state index contributed by atoms with van der Waals surface area (Å²) < 4.78 is 0. The van der Waals surface area contributed by atoms with Crippen LogP contribution in [0.2, 0.25) is 0 Å². The van der Waals surface area contributed by atoms with Gasteiger partial charge in [-0.2, -0.15) is 0 Å². The van der Waals surface area contributed by atoms with Crippen molar-refractivity contribution in [2.75, 3.05) is 0 Å². The van der Waals surface area contributed by atoms with Crippen LogP contribution in [-0.2, 0) is 17.6 Å². The molecule has 0 radical (unpaired) electrons. The molecule has 0 spiro atoms. The third-order valence-electron chi connectivity index (χ3n) is 7.05. The van der Waals surface area contributed by atoms with Crippen LogP contribution in [0.4, 0.5) is 0 Å². The van der Waals surface area contributed by atoms with Crippen molar-refractivity contribution < 1.29 is 19.8 Å². The van der Waals surface area contributed by atoms with Crippen LogP contribution in [-0.4, -0.2) is 22.0 Å². The molecule has 4 nitrogen and oxygen atoms in total. The summed E-state index contributed by atoms with van der Waals surface area (Å²) >= 11 is 1.36. The van der Waals surface area contributed by atoms with Gasteiger partial charge in [-0.3, -0.25) is 4.79 Å². The van der Waals surface area contributed by atoms with E-state index in [1.54, 1.807) is 6.07 Å². The second-order valence-corrected chi connectivity index (χ2v) is 10.6. The Kier molecular flexibility index (Phi) is 10.1. The number of unbranched alkanes of at least 4 members (excludes halogenated alkanes) is 3. The smallest absolute Gasteiger partial charge is 0.345 e. The second-order valence-electron chi connectivity index (χ2n) is 9.48. The minimum atomic E-state index is -0.859. The molecule has 0 aliphatic heterocycles. The number of aliphatic hydroxyl groups is 1. The maximum Gasteiger partial charge on any atom is 0.345 e. The molecule has 5 heteroatoms. The number of Topliss-reactive ketones (excluding diaryl/α,β-unsaturated/α-hetero) is 1. The lowest BCUT2D eigenvalue weighted by molar-refractivity contribution is -0.121. The Balaban J connectivity index is 1.43. The number of carbonyl (C=O) groups is 2. The molecule has 0 saturated heterocycles. The van der Waals surface area contributed by atoms with Crippen LogP contribution in [0, 0.1) is 11.8 Å². The number of ketones is 1. The topological polar surface area (TPSA) is 74.6 Å². The van der Waals surface area contributed by atoms with Gasteiger partial charge in [0, 0.05) is 17.2 Å². The first-order chi connectivity index (χ1) is 16.0. The largest absolute Gasteiger partial charge is 0.477 e. The molecule has 2 N–H and O–H groups in total. The number of carboxylic acid groups (broad SMARTS) is 1. The maximum atomic E-state index is 12.5. The maximum absolute atomic E-state index is 12.5. The molecule has 1 aromatic carbocycles. The van der Waals surface area contributed by atoms with E-state index in [4.69, 9.17) is 5.11 Å². The predicted octanol–water partition coefficient (Wildman–Crippen LogP) is 7.00. The van der Waals surface area contributed by atoms with Crippen LogP contribution < -0.4 is 0 Å². The van der Waals surface area contributed by atoms with Gasteiger partial charge in [-0.15, -0.1) is 11.3 Å². The molecule has 1 heterocycles. The predicted molar refractivity (Wildman–Crippen MR) is 134 cm³/mol. The summed E-state index contributed by atoms with van der Waals surface area (Å²) in [5, 5.41) is 19.5. The molecule has 2 aromatic rings. The lowest BCUT2D eigenvalue weighted by Crippen LogP contribution is -2.16. The Morgan fingerprint density at radius 3 is 2.52 bits per heavy atom. The van der Waals surface area contributed by atoms with E-state index in [1.165, 1.54) is 36.2 Å². The van der Waals surface area contributed by atoms with E-state index >= 15 is 0 Å². The van der Waals surface area contributed by atoms with Gasteiger partial charge < -0.3 is 10.2 Å². The minimum Gasteiger partial charge on any atom is -0.477 e. The third kappa shape index (κ3) is 7.79.